The summed E-state index contributed by atoms with van der Waals surface area (Å²) in [5, 5.41) is 6.31. The molecule has 2 aliphatic rings. The summed E-state index contributed by atoms with van der Waals surface area (Å²) in [5.41, 5.74) is 1.25. The van der Waals surface area contributed by atoms with Crippen LogP contribution in [0.5, 0.6) is 5.75 Å². The monoisotopic (exact) mass is 422 g/mol. The molecule has 3 aromatic rings. The molecule has 4 heterocycles. The summed E-state index contributed by atoms with van der Waals surface area (Å²) in [4.78, 5) is 21.4. The molecule has 5 rings (SSSR count). The number of benzene rings is 1. The first-order valence-electron chi connectivity index (χ1n) is 10.0. The number of hydrogen-bond donors (Lipinski definition) is 2. The Bertz CT molecular complexity index is 1040. The molecule has 1 amide bonds. The zero-order chi connectivity index (χ0) is 21.2. The van der Waals surface area contributed by atoms with Crippen LogP contribution in [0.25, 0.3) is 11.5 Å². The third kappa shape index (κ3) is 3.97. The molecule has 9 nitrogen and oxygen atoms in total. The smallest absolute Gasteiger partial charge is 0.251 e. The molecule has 2 fully saturated rings. The van der Waals surface area contributed by atoms with Gasteiger partial charge in [0.25, 0.3) is 5.91 Å². The van der Waals surface area contributed by atoms with Gasteiger partial charge >= 0.3 is 0 Å². The molecule has 0 spiro atoms. The number of amides is 1. The Morgan fingerprint density at radius 2 is 1.84 bits per heavy atom. The number of nitrogens with one attached hydrogen (secondary N) is 2. The Hall–Kier alpha value is -3.43. The van der Waals surface area contributed by atoms with Crippen LogP contribution in [-0.2, 0) is 9.47 Å². The molecular weight excluding hydrogens is 400 g/mol. The molecule has 0 unspecified atom stereocenters. The van der Waals surface area contributed by atoms with Crippen LogP contribution in [0.1, 0.15) is 10.4 Å². The van der Waals surface area contributed by atoms with Gasteiger partial charge in [0.2, 0.25) is 5.95 Å². The van der Waals surface area contributed by atoms with Crippen LogP contribution in [-0.4, -0.2) is 60.5 Å². The van der Waals surface area contributed by atoms with Crippen molar-refractivity contribution in [1.82, 2.24) is 15.3 Å². The Morgan fingerprint density at radius 3 is 2.58 bits per heavy atom. The average molecular weight is 422 g/mol. The molecule has 2 aliphatic heterocycles. The fourth-order valence-corrected chi connectivity index (χ4v) is 3.90. The molecule has 0 saturated carbocycles. The van der Waals surface area contributed by atoms with Crippen molar-refractivity contribution in [3.8, 4) is 17.2 Å². The second-order valence-electron chi connectivity index (χ2n) is 7.40. The summed E-state index contributed by atoms with van der Waals surface area (Å²) in [5.74, 6) is 1.67. The van der Waals surface area contributed by atoms with Gasteiger partial charge in [-0.3, -0.25) is 4.79 Å². The standard InChI is InChI=1S/C22H22N4O5/c1-28-14-6-4-13(5-7-14)21(27)24-16-11-30-20-17(12-31-19(16)20)26-22-23-9-8-15(25-22)18-3-2-10-29-18/h2-10,16-17,19-20H,11-12H2,1H3,(H,24,27)(H,23,25,26)/t16-,17-,19+,20+/m0/s1. The summed E-state index contributed by atoms with van der Waals surface area (Å²) in [6.45, 7) is 0.807. The van der Waals surface area contributed by atoms with Crippen LogP contribution >= 0.6 is 0 Å². The second-order valence-corrected chi connectivity index (χ2v) is 7.40. The number of ether oxygens (including phenoxy) is 3. The molecule has 2 aromatic heterocycles. The van der Waals surface area contributed by atoms with Crippen molar-refractivity contribution >= 4 is 11.9 Å². The lowest BCUT2D eigenvalue weighted by atomic mass is 10.1. The predicted octanol–water partition coefficient (Wildman–Crippen LogP) is 2.12. The van der Waals surface area contributed by atoms with Crippen molar-refractivity contribution in [2.45, 2.75) is 24.3 Å². The molecule has 4 atom stereocenters. The minimum absolute atomic E-state index is 0.125. The first-order chi connectivity index (χ1) is 15.2. The van der Waals surface area contributed by atoms with Crippen molar-refractivity contribution in [2.75, 3.05) is 25.6 Å². The van der Waals surface area contributed by atoms with Crippen molar-refractivity contribution in [1.29, 1.82) is 0 Å². The van der Waals surface area contributed by atoms with Gasteiger partial charge < -0.3 is 29.3 Å². The normalized spacial score (nSPS) is 24.5. The summed E-state index contributed by atoms with van der Waals surface area (Å²) >= 11 is 0. The van der Waals surface area contributed by atoms with Gasteiger partial charge in [-0.05, 0) is 42.5 Å². The van der Waals surface area contributed by atoms with E-state index in [1.807, 2.05) is 12.1 Å². The molecule has 2 saturated heterocycles. The Labute approximate surface area is 178 Å². The number of furan rings is 1. The van der Waals surface area contributed by atoms with E-state index in [0.29, 0.717) is 41.9 Å². The van der Waals surface area contributed by atoms with E-state index in [2.05, 4.69) is 20.6 Å². The topological polar surface area (TPSA) is 108 Å². The van der Waals surface area contributed by atoms with E-state index in [1.165, 1.54) is 0 Å². The Balaban J connectivity index is 1.22. The fraction of sp³-hybridized carbons (Fsp3) is 0.318. The van der Waals surface area contributed by atoms with Crippen molar-refractivity contribution < 1.29 is 23.4 Å². The first kappa shape index (κ1) is 19.5. The van der Waals surface area contributed by atoms with E-state index >= 15 is 0 Å². The van der Waals surface area contributed by atoms with E-state index < -0.39 is 0 Å². The maximum atomic E-state index is 12.6. The highest BCUT2D eigenvalue weighted by Gasteiger charge is 2.48. The zero-order valence-corrected chi connectivity index (χ0v) is 16.9. The van der Waals surface area contributed by atoms with Gasteiger partial charge in [0.05, 0.1) is 38.7 Å². The van der Waals surface area contributed by atoms with E-state index in [9.17, 15) is 4.79 Å². The van der Waals surface area contributed by atoms with Crippen LogP contribution in [0.2, 0.25) is 0 Å². The van der Waals surface area contributed by atoms with Gasteiger partial charge in [-0.1, -0.05) is 0 Å². The molecule has 9 heteroatoms. The lowest BCUT2D eigenvalue weighted by Gasteiger charge is -2.18. The van der Waals surface area contributed by atoms with Gasteiger partial charge in [0, 0.05) is 11.8 Å². The molecule has 0 aliphatic carbocycles. The summed E-state index contributed by atoms with van der Waals surface area (Å²) in [7, 11) is 1.59. The van der Waals surface area contributed by atoms with E-state index in [-0.39, 0.29) is 30.2 Å². The van der Waals surface area contributed by atoms with Crippen molar-refractivity contribution in [3.05, 3.63) is 60.5 Å². The van der Waals surface area contributed by atoms with Gasteiger partial charge in [-0.2, -0.15) is 0 Å². The number of anilines is 1. The van der Waals surface area contributed by atoms with E-state index in [4.69, 9.17) is 18.6 Å². The third-order valence-corrected chi connectivity index (χ3v) is 5.47. The van der Waals surface area contributed by atoms with Gasteiger partial charge in [-0.15, -0.1) is 0 Å². The lowest BCUT2D eigenvalue weighted by molar-refractivity contribution is 0.0652. The van der Waals surface area contributed by atoms with Crippen LogP contribution in [0.3, 0.4) is 0 Å². The molecule has 31 heavy (non-hydrogen) atoms. The lowest BCUT2D eigenvalue weighted by Crippen LogP contribution is -2.44. The van der Waals surface area contributed by atoms with Crippen molar-refractivity contribution in [3.63, 3.8) is 0 Å². The zero-order valence-electron chi connectivity index (χ0n) is 16.9. The Morgan fingerprint density at radius 1 is 1.06 bits per heavy atom. The maximum absolute atomic E-state index is 12.6. The number of carbonyl (C=O) groups excluding carboxylic acids is 1. The molecule has 0 radical (unpaired) electrons. The van der Waals surface area contributed by atoms with Gasteiger partial charge in [0.1, 0.15) is 23.7 Å². The van der Waals surface area contributed by atoms with Crippen LogP contribution in [0.15, 0.2) is 59.3 Å². The number of methoxy groups -OCH3 is 1. The first-order valence-corrected chi connectivity index (χ1v) is 10.0. The summed E-state index contributed by atoms with van der Waals surface area (Å²) in [6, 6.07) is 12.0. The molecular formula is C22H22N4O5. The van der Waals surface area contributed by atoms with Crippen LogP contribution < -0.4 is 15.4 Å². The summed E-state index contributed by atoms with van der Waals surface area (Å²) < 4.78 is 22.4. The fourth-order valence-electron chi connectivity index (χ4n) is 3.90. The van der Waals surface area contributed by atoms with Crippen molar-refractivity contribution in [2.24, 2.45) is 0 Å². The minimum Gasteiger partial charge on any atom is -0.497 e. The van der Waals surface area contributed by atoms with Gasteiger partial charge in [0.15, 0.2) is 5.76 Å². The maximum Gasteiger partial charge on any atom is 0.251 e. The number of fused-ring (bicyclic) bond motifs is 1. The molecule has 160 valence electrons. The number of rotatable bonds is 6. The predicted molar refractivity (Wildman–Crippen MR) is 111 cm³/mol. The van der Waals surface area contributed by atoms with Crippen LogP contribution in [0, 0.1) is 0 Å². The van der Waals surface area contributed by atoms with E-state index in [1.54, 1.807) is 49.9 Å². The highest BCUT2D eigenvalue weighted by Crippen LogP contribution is 2.29. The Kier molecular flexibility index (Phi) is 5.27. The number of aromatic nitrogens is 2. The minimum atomic E-state index is -0.243. The third-order valence-electron chi connectivity index (χ3n) is 5.47. The molecule has 0 bridgehead atoms. The molecule has 1 aromatic carbocycles. The summed E-state index contributed by atoms with van der Waals surface area (Å²) in [6.07, 6.45) is 2.82. The highest BCUT2D eigenvalue weighted by atomic mass is 16.6. The average Bonchev–Trinajstić information content (AvgIpc) is 3.55. The van der Waals surface area contributed by atoms with E-state index in [0.717, 1.165) is 0 Å². The number of nitrogens with zero attached hydrogens (tertiary/aromatic N) is 2. The second kappa shape index (κ2) is 8.37. The molecule has 2 N–H and O–H groups in total. The number of carbonyl (C=O) groups is 1. The quantitative estimate of drug-likeness (QED) is 0.622. The number of hydrogen-bond acceptors (Lipinski definition) is 8. The van der Waals surface area contributed by atoms with Gasteiger partial charge in [-0.25, -0.2) is 9.97 Å². The highest BCUT2D eigenvalue weighted by molar-refractivity contribution is 5.94. The largest absolute Gasteiger partial charge is 0.497 e. The van der Waals surface area contributed by atoms with Crippen LogP contribution in [0.4, 0.5) is 5.95 Å². The SMILES string of the molecule is COc1ccc(C(=O)N[C@H]2CO[C@H]3[C@@H]2OC[C@@H]3Nc2nccc(-c3ccco3)n2)cc1.